The summed E-state index contributed by atoms with van der Waals surface area (Å²) in [4.78, 5) is 0. The van der Waals surface area contributed by atoms with Crippen LogP contribution in [-0.2, 0) is 10.1 Å². The van der Waals surface area contributed by atoms with Gasteiger partial charge in [0.15, 0.2) is 0 Å². The van der Waals surface area contributed by atoms with Crippen LogP contribution in [0.2, 0.25) is 0 Å². The van der Waals surface area contributed by atoms with Crippen LogP contribution in [0.3, 0.4) is 0 Å². The Morgan fingerprint density at radius 1 is 1.83 bits per heavy atom. The summed E-state index contributed by atoms with van der Waals surface area (Å²) in [5, 5.41) is 8.32. The monoisotopic (exact) mass is 121 g/mol. The van der Waals surface area contributed by atoms with Gasteiger partial charge in [-0.1, -0.05) is 0 Å². The van der Waals surface area contributed by atoms with Crippen molar-refractivity contribution >= 4 is 17.1 Å². The zero-order valence-corrected chi connectivity index (χ0v) is 5.72. The average molecular weight is 121 g/mol. The van der Waals surface area contributed by atoms with Gasteiger partial charge in [-0.25, -0.2) is 0 Å². The molecule has 1 unspecified atom stereocenters. The van der Waals surface area contributed by atoms with Gasteiger partial charge >= 0.3 is 41.0 Å². The van der Waals surface area contributed by atoms with E-state index in [-0.39, 0.29) is 10.1 Å². The number of nitrogens with zero attached hydrogens (tertiary/aromatic N) is 1. The van der Waals surface area contributed by atoms with Gasteiger partial charge in [0, 0.05) is 0 Å². The Balaban J connectivity index is 3.63. The normalized spacial score (nSPS) is 13.5. The van der Waals surface area contributed by atoms with E-state index in [0.717, 1.165) is 5.75 Å². The predicted molar refractivity (Wildman–Crippen MR) is 32.5 cm³/mol. The second-order valence-corrected chi connectivity index (χ2v) is 5.27. The molecular formula is C3H8NPS. The minimum atomic E-state index is 0.244. The summed E-state index contributed by atoms with van der Waals surface area (Å²) in [6.45, 7) is 2.63. The minimum absolute atomic E-state index is 0.244. The SMILES string of the molecule is CCS(C)=P#N. The van der Waals surface area contributed by atoms with Crippen LogP contribution < -0.4 is 0 Å². The molecule has 0 fully saturated rings. The first-order chi connectivity index (χ1) is 2.81. The predicted octanol–water partition coefficient (Wildman–Crippen LogP) is 1.59. The molecule has 36 valence electrons. The van der Waals surface area contributed by atoms with E-state index in [0.29, 0.717) is 6.99 Å². The average Bonchev–Trinajstić information content (AvgIpc) is 1.65. The first-order valence-corrected chi connectivity index (χ1v) is 5.04. The molecule has 0 aromatic rings. The maximum atomic E-state index is 8.32. The van der Waals surface area contributed by atoms with Crippen molar-refractivity contribution in [2.24, 2.45) is 0 Å². The van der Waals surface area contributed by atoms with Gasteiger partial charge < -0.3 is 0 Å². The summed E-state index contributed by atoms with van der Waals surface area (Å²) in [5.41, 5.74) is 0. The van der Waals surface area contributed by atoms with Gasteiger partial charge in [-0.3, -0.25) is 0 Å². The van der Waals surface area contributed by atoms with Gasteiger partial charge in [0.25, 0.3) is 0 Å². The van der Waals surface area contributed by atoms with Gasteiger partial charge in [-0.05, 0) is 0 Å². The molecule has 0 amide bonds. The van der Waals surface area contributed by atoms with Crippen LogP contribution in [0.1, 0.15) is 6.92 Å². The molecule has 0 radical (unpaired) electrons. The van der Waals surface area contributed by atoms with Crippen molar-refractivity contribution in [1.82, 2.24) is 0 Å². The summed E-state index contributed by atoms with van der Waals surface area (Å²) in [6.07, 6.45) is 2.04. The van der Waals surface area contributed by atoms with Crippen LogP contribution >= 0.6 is 6.99 Å². The van der Waals surface area contributed by atoms with Gasteiger partial charge in [0.05, 0.1) is 0 Å². The molecule has 0 bridgehead atoms. The third-order valence-electron chi connectivity index (χ3n) is 0.557. The van der Waals surface area contributed by atoms with Crippen LogP contribution in [0.15, 0.2) is 0 Å². The van der Waals surface area contributed by atoms with E-state index in [9.17, 15) is 0 Å². The molecule has 0 saturated carbocycles. The van der Waals surface area contributed by atoms with Crippen molar-refractivity contribution in [3.63, 3.8) is 0 Å². The Bertz CT molecular complexity index is 114. The Labute approximate surface area is 41.7 Å². The van der Waals surface area contributed by atoms with Gasteiger partial charge in [0.2, 0.25) is 0 Å². The molecule has 0 aliphatic heterocycles. The van der Waals surface area contributed by atoms with Crippen molar-refractivity contribution in [2.45, 2.75) is 6.92 Å². The molecule has 0 rings (SSSR count). The summed E-state index contributed by atoms with van der Waals surface area (Å²) in [6, 6.07) is 0. The van der Waals surface area contributed by atoms with Crippen molar-refractivity contribution in [2.75, 3.05) is 12.0 Å². The first-order valence-electron chi connectivity index (χ1n) is 1.79. The fourth-order valence-corrected chi connectivity index (χ4v) is 0.520. The number of hydrogen-bond donors (Lipinski definition) is 0. The van der Waals surface area contributed by atoms with E-state index in [1.165, 1.54) is 0 Å². The van der Waals surface area contributed by atoms with Crippen molar-refractivity contribution < 1.29 is 0 Å². The molecule has 6 heavy (non-hydrogen) atoms. The summed E-state index contributed by atoms with van der Waals surface area (Å²) < 4.78 is 0. The Hall–Kier alpha value is 0.490. The summed E-state index contributed by atoms with van der Waals surface area (Å²) >= 11 is 0. The van der Waals surface area contributed by atoms with Gasteiger partial charge in [-0.15, -0.1) is 0 Å². The Morgan fingerprint density at radius 2 is 2.33 bits per heavy atom. The van der Waals surface area contributed by atoms with Crippen LogP contribution in [0, 0.1) is 5.00 Å². The van der Waals surface area contributed by atoms with Crippen LogP contribution in [0.4, 0.5) is 0 Å². The molecule has 1 atom stereocenters. The van der Waals surface area contributed by atoms with Crippen molar-refractivity contribution in [3.8, 4) is 0 Å². The van der Waals surface area contributed by atoms with Crippen molar-refractivity contribution in [1.29, 1.82) is 5.00 Å². The molecule has 0 heterocycles. The maximum absolute atomic E-state index is 8.32. The molecule has 1 nitrogen and oxygen atoms in total. The first kappa shape index (κ1) is 6.49. The quantitative estimate of drug-likeness (QED) is 0.483. The molecule has 0 aliphatic carbocycles. The molecule has 0 aromatic heterocycles. The summed E-state index contributed by atoms with van der Waals surface area (Å²) in [5.74, 6) is 1.10. The molecule has 0 N–H and O–H groups in total. The fourth-order valence-electron chi connectivity index (χ4n) is 0.0577. The van der Waals surface area contributed by atoms with E-state index >= 15 is 0 Å². The standard InChI is InChI=1S/C3H8NPS/c1-3-6(2)5-4/h3H2,1-2H3. The van der Waals surface area contributed by atoms with Crippen LogP contribution in [0.25, 0.3) is 0 Å². The van der Waals surface area contributed by atoms with E-state index in [1.54, 1.807) is 0 Å². The second kappa shape index (κ2) is 3.67. The molecule has 0 aromatic carbocycles. The fraction of sp³-hybridized carbons (Fsp3) is 1.00. The Kier molecular flexibility index (Phi) is 3.97. The van der Waals surface area contributed by atoms with Gasteiger partial charge in [0.1, 0.15) is 0 Å². The van der Waals surface area contributed by atoms with E-state index < -0.39 is 0 Å². The zero-order chi connectivity index (χ0) is 4.99. The molecule has 0 spiro atoms. The van der Waals surface area contributed by atoms with Crippen LogP contribution in [-0.4, -0.2) is 12.0 Å². The van der Waals surface area contributed by atoms with E-state index in [2.05, 4.69) is 6.92 Å². The molecule has 0 aliphatic rings. The van der Waals surface area contributed by atoms with E-state index in [4.69, 9.17) is 5.00 Å². The second-order valence-electron chi connectivity index (χ2n) is 0.971. The van der Waals surface area contributed by atoms with Crippen LogP contribution in [0.5, 0.6) is 0 Å². The summed E-state index contributed by atoms with van der Waals surface area (Å²) in [7, 11) is 0.244. The molecular weight excluding hydrogens is 113 g/mol. The molecule has 0 saturated heterocycles. The number of hydrogen-bond acceptors (Lipinski definition) is 1. The number of rotatable bonds is 1. The third kappa shape index (κ3) is 2.71. The zero-order valence-electron chi connectivity index (χ0n) is 4.01. The Morgan fingerprint density at radius 3 is 2.33 bits per heavy atom. The van der Waals surface area contributed by atoms with Gasteiger partial charge in [-0.2, -0.15) is 0 Å². The topological polar surface area (TPSA) is 23.8 Å². The third-order valence-corrected chi connectivity index (χ3v) is 3.28. The van der Waals surface area contributed by atoms with E-state index in [1.807, 2.05) is 6.26 Å². The molecule has 3 heteroatoms. The van der Waals surface area contributed by atoms with Crippen molar-refractivity contribution in [3.05, 3.63) is 0 Å².